The molecule has 0 bridgehead atoms. The molecule has 1 aromatic rings. The highest BCUT2D eigenvalue weighted by atomic mass is 16.3. The van der Waals surface area contributed by atoms with E-state index in [1.165, 1.54) is 0 Å². The highest BCUT2D eigenvalue weighted by Crippen LogP contribution is 2.24. The Balaban J connectivity index is 0.000000903. The van der Waals surface area contributed by atoms with Crippen LogP contribution in [0.3, 0.4) is 0 Å². The van der Waals surface area contributed by atoms with Gasteiger partial charge in [-0.2, -0.15) is 0 Å². The van der Waals surface area contributed by atoms with Gasteiger partial charge in [-0.1, -0.05) is 166 Å². The summed E-state index contributed by atoms with van der Waals surface area (Å²) in [5.74, 6) is -13.6. The number of aliphatic hydroxyl groups is 2. The first-order valence-electron chi connectivity index (χ1n) is 47.6. The largest absolute Gasteiger partial charge is 0.394 e. The maximum Gasteiger partial charge on any atom is 0.245 e. The third kappa shape index (κ3) is 45.3. The van der Waals surface area contributed by atoms with Crippen LogP contribution in [-0.4, -0.2) is 253 Å². The molecule has 0 aromatic heterocycles. The molecule has 2 aliphatic heterocycles. The van der Waals surface area contributed by atoms with Crippen LogP contribution in [0.15, 0.2) is 30.3 Å². The van der Waals surface area contributed by atoms with Crippen molar-refractivity contribution in [3.05, 3.63) is 35.9 Å². The molecule has 0 radical (unpaired) electrons. The lowest BCUT2D eigenvalue weighted by Crippen LogP contribution is -2.59. The van der Waals surface area contributed by atoms with Crippen molar-refractivity contribution in [3.8, 4) is 0 Å². The molecule has 2 saturated heterocycles. The van der Waals surface area contributed by atoms with Gasteiger partial charge in [0.1, 0.15) is 66.5 Å². The van der Waals surface area contributed by atoms with Crippen LogP contribution in [-0.2, 0) is 87.9 Å². The molecule has 29 N–H and O–H groups in total. The minimum absolute atomic E-state index is 0.00343. The number of ketones is 2. The van der Waals surface area contributed by atoms with Gasteiger partial charge in [0.2, 0.25) is 88.6 Å². The standard InChI is InChI=1S/C50H92N10O11.C42H71N11O8/c1-10-14-35-46(67)60-40(25-31(7)8)45(66)53-22-19-38(58-50(71)41(28-61)54-43(64)27-34(62)16-13-12-15-32(9)11-2)49(70)57-37(18-21-52)48(69)59-39(24-30(5)6)42(63)26-33(23-29(3)4)44(65)55-36(17-20-51)47(68)56-35;1-6-10-29-41(60)53-35(25(4)5)42(61)47-20-16-32(49-37(56)28(46)13-17-43)40(59)51-31(15-19-45)39(58)52-33(22-26-11-8-7-9-12-26)34(54)23-27(21-24(2)3)36(55)48-30(14-18-44)38(57)50-29/h29-41,61-62H,10-28,51-52H2,1-9H3,(H,53,66)(H,54,64)(H,55,65)(H,56,68)(H,57,70)(H,58,71)(H,59,69)(H,60,67);7-9,11-12,24-25,27-33,35H,6,10,13-23,43-46H2,1-5H3,(H,47,61)(H,48,55)(H,49,56)(H,50,57)(H,51,59)(H,52,58)(H,53,60)/t32-,33+,34+,35-,36-,37-,38-,39+,40-,41+;27-,28-,29+,30+,31+,32+,33-,35+/m01/s1. The van der Waals surface area contributed by atoms with E-state index in [1.807, 2.05) is 69.2 Å². The zero-order chi connectivity index (χ0) is 99.4. The van der Waals surface area contributed by atoms with Gasteiger partial charge in [-0.05, 0) is 170 Å². The van der Waals surface area contributed by atoms with Crippen LogP contribution in [0.1, 0.15) is 250 Å². The highest BCUT2D eigenvalue weighted by molar-refractivity contribution is 6.01. The summed E-state index contributed by atoms with van der Waals surface area (Å²) in [4.78, 5) is 235. The van der Waals surface area contributed by atoms with Crippen LogP contribution in [0.2, 0.25) is 0 Å². The van der Waals surface area contributed by atoms with Crippen LogP contribution in [0, 0.1) is 47.3 Å². The summed E-state index contributed by atoms with van der Waals surface area (Å²) in [6.45, 7) is 24.9. The number of unbranched alkanes of at least 4 members (excludes halogenated alkanes) is 1. The second kappa shape index (κ2) is 64.2. The van der Waals surface area contributed by atoms with E-state index in [0.717, 1.165) is 19.3 Å². The fourth-order valence-electron chi connectivity index (χ4n) is 15.3. The third-order valence-corrected chi connectivity index (χ3v) is 22.9. The number of benzene rings is 1. The van der Waals surface area contributed by atoms with E-state index in [2.05, 4.69) is 93.6 Å². The Bertz CT molecular complexity index is 3780. The SMILES string of the molecule is CCC[C@@H]1NC(=O)[C@H](CCN)NC(=O)[C@H](CC(C)C)CC(=O)[C@@H](CC(C)C)NC(=O)[C@H](CCN)NC(=O)[C@@H](NC(=O)[C@@H](CO)NC(=O)C[C@H](O)CCCC[C@@H](C)CC)CCNC(=O)[C@H](CC(C)C)NC1=O.CCC[C@@H]1NC(=O)[C@H](CCN)NC(=O)[C@H](CC(C)C)CC(=O)[C@@H](Cc2ccccc2)NC(=O)[C@H](CCN)NC(=O)[C@@H](NC(=O)[C@H](N)CCN)CCNC(=O)[C@H](C(C)C)NC1=O. The van der Waals surface area contributed by atoms with Crippen molar-refractivity contribution in [1.82, 2.24) is 79.8 Å². The summed E-state index contributed by atoms with van der Waals surface area (Å²) < 4.78 is 0. The van der Waals surface area contributed by atoms with Crippen molar-refractivity contribution in [2.45, 2.75) is 342 Å². The van der Waals surface area contributed by atoms with Crippen molar-refractivity contribution in [2.24, 2.45) is 81.7 Å². The average Bonchev–Trinajstić information content (AvgIpc) is 1.11. The Morgan fingerprint density at radius 3 is 1.20 bits per heavy atom. The molecule has 40 nitrogen and oxygen atoms in total. The van der Waals surface area contributed by atoms with Crippen molar-refractivity contribution in [3.63, 3.8) is 0 Å². The molecule has 3 rings (SSSR count). The number of Topliss-reactive ketones (excluding diaryl/α,β-unsaturated/α-hetero) is 2. The molecule has 1 aromatic carbocycles. The normalized spacial score (nSPS) is 24.6. The first-order chi connectivity index (χ1) is 62.4. The first-order valence-corrected chi connectivity index (χ1v) is 47.6. The number of carbonyl (C=O) groups is 17. The van der Waals surface area contributed by atoms with Crippen molar-refractivity contribution < 1.29 is 91.7 Å². The smallest absolute Gasteiger partial charge is 0.245 e. The fourth-order valence-corrected chi connectivity index (χ4v) is 15.3. The Kier molecular flexibility index (Phi) is 57.6. The zero-order valence-corrected chi connectivity index (χ0v) is 80.6. The van der Waals surface area contributed by atoms with E-state index in [1.54, 1.807) is 44.2 Å². The Morgan fingerprint density at radius 2 is 0.788 bits per heavy atom. The van der Waals surface area contributed by atoms with Gasteiger partial charge in [-0.3, -0.25) is 81.5 Å². The van der Waals surface area contributed by atoms with Gasteiger partial charge in [0.15, 0.2) is 11.6 Å². The number of aliphatic hydroxyl groups excluding tert-OH is 2. The second-order valence-electron chi connectivity index (χ2n) is 37.0. The summed E-state index contributed by atoms with van der Waals surface area (Å²) in [5, 5.41) is 61.0. The number of rotatable bonds is 39. The van der Waals surface area contributed by atoms with Crippen LogP contribution >= 0.6 is 0 Å². The number of hydrogen-bond acceptors (Lipinski definition) is 25. The van der Waals surface area contributed by atoms with E-state index in [9.17, 15) is 91.7 Å². The molecule has 40 heteroatoms. The summed E-state index contributed by atoms with van der Waals surface area (Å²) in [6.07, 6.45) is 3.84. The molecule has 0 aliphatic carbocycles. The molecular formula is C92H163N21O19. The predicted molar refractivity (Wildman–Crippen MR) is 501 cm³/mol. The molecule has 2 aliphatic rings. The molecule has 18 atom stereocenters. The van der Waals surface area contributed by atoms with Crippen molar-refractivity contribution in [1.29, 1.82) is 0 Å². The first kappa shape index (κ1) is 118. The van der Waals surface area contributed by atoms with Crippen LogP contribution in [0.25, 0.3) is 0 Å². The molecule has 2 fully saturated rings. The van der Waals surface area contributed by atoms with Crippen LogP contribution in [0.4, 0.5) is 0 Å². The van der Waals surface area contributed by atoms with E-state index < -0.39 is 215 Å². The monoisotopic (exact) mass is 1870 g/mol. The molecule has 0 unspecified atom stereocenters. The number of hydrogen-bond donors (Lipinski definition) is 23. The molecule has 0 spiro atoms. The minimum atomic E-state index is -1.55. The Labute approximate surface area is 779 Å². The van der Waals surface area contributed by atoms with Crippen molar-refractivity contribution >= 4 is 100 Å². The lowest BCUT2D eigenvalue weighted by atomic mass is 9.87. The minimum Gasteiger partial charge on any atom is -0.394 e. The number of amides is 15. The third-order valence-electron chi connectivity index (χ3n) is 22.9. The zero-order valence-electron chi connectivity index (χ0n) is 80.6. The lowest BCUT2D eigenvalue weighted by Gasteiger charge is -2.28. The van der Waals surface area contributed by atoms with E-state index in [-0.39, 0.29) is 179 Å². The van der Waals surface area contributed by atoms with Crippen molar-refractivity contribution in [2.75, 3.05) is 52.4 Å². The van der Waals surface area contributed by atoms with Gasteiger partial charge in [0.05, 0.1) is 37.3 Å². The van der Waals surface area contributed by atoms with Gasteiger partial charge in [0.25, 0.3) is 0 Å². The van der Waals surface area contributed by atoms with Gasteiger partial charge < -0.3 is 124 Å². The van der Waals surface area contributed by atoms with Crippen LogP contribution in [0.5, 0.6) is 0 Å². The average molecular weight is 1870 g/mol. The topological polar surface area (TPSA) is 667 Å². The fraction of sp³-hybridized carbons (Fsp3) is 0.750. The molecule has 132 heavy (non-hydrogen) atoms. The molecular weight excluding hydrogens is 1700 g/mol. The molecule has 15 amide bonds. The van der Waals surface area contributed by atoms with E-state index in [4.69, 9.17) is 34.4 Å². The lowest BCUT2D eigenvalue weighted by molar-refractivity contribution is -0.136. The summed E-state index contributed by atoms with van der Waals surface area (Å²) in [6, 6.07) is -8.04. The molecule has 750 valence electrons. The molecule has 0 saturated carbocycles. The number of nitrogens with one attached hydrogen (secondary N) is 15. The Morgan fingerprint density at radius 1 is 0.417 bits per heavy atom. The van der Waals surface area contributed by atoms with Gasteiger partial charge >= 0.3 is 0 Å². The second-order valence-corrected chi connectivity index (χ2v) is 37.0. The van der Waals surface area contributed by atoms with Gasteiger partial charge in [0, 0.05) is 37.8 Å². The van der Waals surface area contributed by atoms with E-state index in [0.29, 0.717) is 37.2 Å². The van der Waals surface area contributed by atoms with Gasteiger partial charge in [-0.15, -0.1) is 0 Å². The van der Waals surface area contributed by atoms with Gasteiger partial charge in [-0.25, -0.2) is 0 Å². The maximum atomic E-state index is 14.3. The number of nitrogens with two attached hydrogens (primary N) is 6. The summed E-state index contributed by atoms with van der Waals surface area (Å²) >= 11 is 0. The Hall–Kier alpha value is -9.71. The maximum absolute atomic E-state index is 14.3. The van der Waals surface area contributed by atoms with E-state index >= 15 is 0 Å². The highest BCUT2D eigenvalue weighted by Gasteiger charge is 2.40. The summed E-state index contributed by atoms with van der Waals surface area (Å²) in [5.41, 5.74) is 35.9. The summed E-state index contributed by atoms with van der Waals surface area (Å²) in [7, 11) is 0. The quantitative estimate of drug-likeness (QED) is 0.0336. The molecule has 2 heterocycles. The number of carbonyl (C=O) groups excluding carboxylic acids is 17. The van der Waals surface area contributed by atoms with Crippen LogP contribution < -0.4 is 114 Å². The predicted octanol–water partition coefficient (Wildman–Crippen LogP) is -1.43.